The third-order valence-corrected chi connectivity index (χ3v) is 3.33. The molecule has 0 bridgehead atoms. The molecule has 2 unspecified atom stereocenters. The number of rotatable bonds is 8. The summed E-state index contributed by atoms with van der Waals surface area (Å²) in [6.07, 6.45) is -18.4. The molecule has 20 heteroatoms. The van der Waals surface area contributed by atoms with Gasteiger partial charge in [-0.3, -0.25) is 0 Å². The molecule has 0 spiro atoms. The van der Waals surface area contributed by atoms with Gasteiger partial charge in [0.25, 0.3) is 0 Å². The number of hydrogen-bond donors (Lipinski definition) is 1. The van der Waals surface area contributed by atoms with E-state index in [0.29, 0.717) is 0 Å². The van der Waals surface area contributed by atoms with E-state index in [0.717, 1.165) is 0 Å². The highest BCUT2D eigenvalue weighted by atomic mass is 19.4. The maximum atomic E-state index is 13.1. The molecule has 0 fully saturated rings. The Kier molecular flexibility index (Phi) is 6.75. The van der Waals surface area contributed by atoms with Crippen molar-refractivity contribution in [3.8, 4) is 0 Å². The van der Waals surface area contributed by atoms with Crippen molar-refractivity contribution in [2.75, 3.05) is 0 Å². The second-order valence-electron chi connectivity index (χ2n) is 5.34. The molecular formula is C10H3F19O. The van der Waals surface area contributed by atoms with E-state index >= 15 is 0 Å². The van der Waals surface area contributed by atoms with Gasteiger partial charge in [-0.2, -0.15) is 74.6 Å². The number of hydrogen-bond acceptors (Lipinski definition) is 1. The quantitative estimate of drug-likeness (QED) is 0.430. The van der Waals surface area contributed by atoms with Crippen LogP contribution in [0.2, 0.25) is 0 Å². The molecule has 2 atom stereocenters. The minimum atomic E-state index is -8.88. The van der Waals surface area contributed by atoms with E-state index in [1.165, 1.54) is 0 Å². The maximum absolute atomic E-state index is 13.1. The first-order chi connectivity index (χ1) is 12.6. The van der Waals surface area contributed by atoms with Gasteiger partial charge in [-0.05, 0) is 0 Å². The molecule has 0 aromatic rings. The highest BCUT2D eigenvalue weighted by molar-refractivity contribution is 5.15. The lowest BCUT2D eigenvalue weighted by atomic mass is 9.88. The first-order valence-electron chi connectivity index (χ1n) is 6.28. The van der Waals surface area contributed by atoms with Crippen molar-refractivity contribution in [1.82, 2.24) is 0 Å². The molecule has 0 aliphatic rings. The Bertz CT molecular complexity index is 615. The Morgan fingerprint density at radius 1 is 0.400 bits per heavy atom. The van der Waals surface area contributed by atoms with Crippen molar-refractivity contribution < 1.29 is 88.5 Å². The van der Waals surface area contributed by atoms with Crippen LogP contribution in [0.5, 0.6) is 0 Å². The highest BCUT2D eigenvalue weighted by Gasteiger charge is 2.95. The Balaban J connectivity index is 6.77. The first-order valence-corrected chi connectivity index (χ1v) is 6.28. The molecule has 30 heavy (non-hydrogen) atoms. The van der Waals surface area contributed by atoms with Crippen LogP contribution >= 0.6 is 0 Å². The molecule has 1 nitrogen and oxygen atoms in total. The lowest BCUT2D eigenvalue weighted by Gasteiger charge is -2.43. The summed E-state index contributed by atoms with van der Waals surface area (Å²) in [6.45, 7) is 0. The first kappa shape index (κ1) is 28.6. The van der Waals surface area contributed by atoms with Crippen molar-refractivity contribution in [2.24, 2.45) is 0 Å². The average Bonchev–Trinajstić information content (AvgIpc) is 2.51. The van der Waals surface area contributed by atoms with Gasteiger partial charge < -0.3 is 5.11 Å². The summed E-state index contributed by atoms with van der Waals surface area (Å²) in [5.74, 6) is -59.5. The van der Waals surface area contributed by atoms with Crippen LogP contribution in [0, 0.1) is 0 Å². The molecule has 1 N–H and O–H groups in total. The van der Waals surface area contributed by atoms with Gasteiger partial charge in [0.2, 0.25) is 12.5 Å². The van der Waals surface area contributed by atoms with Crippen LogP contribution in [0.25, 0.3) is 0 Å². The highest BCUT2D eigenvalue weighted by Crippen LogP contribution is 2.64. The molecule has 0 aromatic heterocycles. The topological polar surface area (TPSA) is 20.2 Å². The molecular weight excluding hydrogens is 497 g/mol. The van der Waals surface area contributed by atoms with Crippen LogP contribution in [-0.2, 0) is 0 Å². The summed E-state index contributed by atoms with van der Waals surface area (Å²) < 4.78 is 241. The van der Waals surface area contributed by atoms with Crippen molar-refractivity contribution >= 4 is 0 Å². The molecule has 0 saturated heterocycles. The van der Waals surface area contributed by atoms with Crippen molar-refractivity contribution in [3.63, 3.8) is 0 Å². The van der Waals surface area contributed by atoms with Gasteiger partial charge in [0.1, 0.15) is 0 Å². The second kappa shape index (κ2) is 7.07. The zero-order valence-electron chi connectivity index (χ0n) is 12.8. The number of halogens is 19. The zero-order valence-corrected chi connectivity index (χ0v) is 12.8. The molecule has 0 saturated carbocycles. The molecule has 0 amide bonds. The van der Waals surface area contributed by atoms with E-state index in [4.69, 9.17) is 5.11 Å². The SMILES string of the molecule is OC(F)C(F)C(F)(F)C(F)(F)C(F)(F)C(F)(F)C(F)(F)C(F)(F)C(F)(F)C(F)(F)F. The molecule has 0 heterocycles. The van der Waals surface area contributed by atoms with Crippen LogP contribution in [0.3, 0.4) is 0 Å². The Morgan fingerprint density at radius 2 is 0.633 bits per heavy atom. The largest absolute Gasteiger partial charge is 0.460 e. The Morgan fingerprint density at radius 3 is 0.867 bits per heavy atom. The fraction of sp³-hybridized carbons (Fsp3) is 1.00. The standard InChI is InChI=1S/C10H3F19O/c11-1(2(12)30)3(13,14)4(15,16)5(17,18)6(19,20)7(21,22)8(23,24)9(25,26)10(27,28)29/h1-2,30H. The fourth-order valence-corrected chi connectivity index (χ4v) is 1.52. The summed E-state index contributed by atoms with van der Waals surface area (Å²) in [5.41, 5.74) is 0. The predicted molar refractivity (Wildman–Crippen MR) is 52.7 cm³/mol. The van der Waals surface area contributed by atoms with Gasteiger partial charge in [0, 0.05) is 0 Å². The summed E-state index contributed by atoms with van der Waals surface area (Å²) in [5, 5.41) is 7.69. The minimum absolute atomic E-state index is 4.90. The average molecular weight is 500 g/mol. The van der Waals surface area contributed by atoms with Crippen LogP contribution < -0.4 is 0 Å². The lowest BCUT2D eigenvalue weighted by Crippen LogP contribution is -2.75. The third kappa shape index (κ3) is 3.41. The van der Waals surface area contributed by atoms with Crippen LogP contribution in [0.15, 0.2) is 0 Å². The van der Waals surface area contributed by atoms with E-state index < -0.39 is 60.2 Å². The molecule has 0 aliphatic heterocycles. The molecule has 0 aliphatic carbocycles. The smallest absolute Gasteiger partial charge is 0.362 e. The Hall–Kier alpha value is -1.37. The predicted octanol–water partition coefficient (Wildman–Crippen LogP) is 5.62. The lowest BCUT2D eigenvalue weighted by molar-refractivity contribution is -0.464. The van der Waals surface area contributed by atoms with Gasteiger partial charge in [0.15, 0.2) is 0 Å². The van der Waals surface area contributed by atoms with Crippen molar-refractivity contribution in [3.05, 3.63) is 0 Å². The molecule has 0 rings (SSSR count). The molecule has 0 radical (unpaired) electrons. The van der Waals surface area contributed by atoms with Gasteiger partial charge in [-0.15, -0.1) is 0 Å². The summed E-state index contributed by atoms with van der Waals surface area (Å²) >= 11 is 0. The van der Waals surface area contributed by atoms with E-state index in [1.54, 1.807) is 0 Å². The van der Waals surface area contributed by atoms with E-state index in [-0.39, 0.29) is 0 Å². The summed E-state index contributed by atoms with van der Waals surface area (Å²) in [4.78, 5) is 0. The van der Waals surface area contributed by atoms with Gasteiger partial charge in [0.05, 0.1) is 0 Å². The van der Waals surface area contributed by atoms with Gasteiger partial charge >= 0.3 is 47.6 Å². The Labute approximate surface area is 150 Å². The van der Waals surface area contributed by atoms with E-state index in [1.807, 2.05) is 0 Å². The van der Waals surface area contributed by atoms with Crippen LogP contribution in [-0.4, -0.2) is 65.3 Å². The van der Waals surface area contributed by atoms with Crippen LogP contribution in [0.1, 0.15) is 0 Å². The third-order valence-electron chi connectivity index (χ3n) is 3.33. The molecule has 0 aromatic carbocycles. The zero-order chi connectivity index (χ0) is 25.2. The monoisotopic (exact) mass is 500 g/mol. The number of aliphatic hydroxyl groups excluding tert-OH is 1. The molecule has 182 valence electrons. The summed E-state index contributed by atoms with van der Waals surface area (Å²) in [6, 6.07) is 0. The fourth-order valence-electron chi connectivity index (χ4n) is 1.52. The second-order valence-corrected chi connectivity index (χ2v) is 5.34. The number of alkyl halides is 19. The normalized spacial score (nSPS) is 18.4. The van der Waals surface area contributed by atoms with Crippen molar-refractivity contribution in [2.45, 2.75) is 60.2 Å². The summed E-state index contributed by atoms with van der Waals surface area (Å²) in [7, 11) is 0. The van der Waals surface area contributed by atoms with E-state index in [9.17, 15) is 83.4 Å². The van der Waals surface area contributed by atoms with Crippen molar-refractivity contribution in [1.29, 1.82) is 0 Å². The van der Waals surface area contributed by atoms with E-state index in [2.05, 4.69) is 0 Å². The van der Waals surface area contributed by atoms with Crippen LogP contribution in [0.4, 0.5) is 83.4 Å². The number of aliphatic hydroxyl groups is 1. The van der Waals surface area contributed by atoms with Gasteiger partial charge in [-0.1, -0.05) is 0 Å². The van der Waals surface area contributed by atoms with Gasteiger partial charge in [-0.25, -0.2) is 8.78 Å². The maximum Gasteiger partial charge on any atom is 0.460 e. The minimum Gasteiger partial charge on any atom is -0.362 e.